The number of ether oxygens (including phenoxy) is 2. The number of methoxy groups -OCH3 is 2. The molecule has 0 radical (unpaired) electrons. The molecule has 0 aliphatic carbocycles. The number of nitrogens with zero attached hydrogens (tertiary/aromatic N) is 1. The Morgan fingerprint density at radius 1 is 1.24 bits per heavy atom. The Bertz CT molecular complexity index is 679. The van der Waals surface area contributed by atoms with E-state index >= 15 is 0 Å². The van der Waals surface area contributed by atoms with E-state index in [4.69, 9.17) is 14.0 Å². The van der Waals surface area contributed by atoms with Gasteiger partial charge in [-0.25, -0.2) is 4.79 Å². The fourth-order valence-corrected chi connectivity index (χ4v) is 1.80. The average Bonchev–Trinajstić information content (AvgIpc) is 2.85. The zero-order valence-corrected chi connectivity index (χ0v) is 12.0. The average molecular weight is 292 g/mol. The summed E-state index contributed by atoms with van der Waals surface area (Å²) in [6.07, 6.45) is 1.52. The van der Waals surface area contributed by atoms with Gasteiger partial charge in [0.1, 0.15) is 18.2 Å². The first-order valence-electron chi connectivity index (χ1n) is 6.22. The van der Waals surface area contributed by atoms with Crippen LogP contribution in [0.1, 0.15) is 6.92 Å². The van der Waals surface area contributed by atoms with Crippen LogP contribution in [0.2, 0.25) is 0 Å². The van der Waals surface area contributed by atoms with Crippen molar-refractivity contribution in [2.24, 2.45) is 0 Å². The van der Waals surface area contributed by atoms with Gasteiger partial charge >= 0.3 is 5.63 Å². The molecule has 112 valence electrons. The summed E-state index contributed by atoms with van der Waals surface area (Å²) in [7, 11) is 3.06. The van der Waals surface area contributed by atoms with Crippen LogP contribution in [-0.4, -0.2) is 24.9 Å². The third kappa shape index (κ3) is 3.44. The van der Waals surface area contributed by atoms with Crippen molar-refractivity contribution in [1.29, 1.82) is 0 Å². The molecule has 0 bridgehead atoms. The second-order valence-corrected chi connectivity index (χ2v) is 4.33. The van der Waals surface area contributed by atoms with Gasteiger partial charge in [0.25, 0.3) is 0 Å². The quantitative estimate of drug-likeness (QED) is 0.896. The molecule has 7 heteroatoms. The summed E-state index contributed by atoms with van der Waals surface area (Å²) in [4.78, 5) is 22.8. The first-order valence-corrected chi connectivity index (χ1v) is 6.22. The summed E-state index contributed by atoms with van der Waals surface area (Å²) in [5.74, 6) is 0.924. The summed E-state index contributed by atoms with van der Waals surface area (Å²) in [6, 6.07) is 5.12. The number of aromatic nitrogens is 1. The van der Waals surface area contributed by atoms with Crippen molar-refractivity contribution in [2.45, 2.75) is 13.6 Å². The largest absolute Gasteiger partial charge is 0.497 e. The summed E-state index contributed by atoms with van der Waals surface area (Å²) in [5, 5.41) is 2.54. The number of hydrogen-bond acceptors (Lipinski definition) is 5. The summed E-state index contributed by atoms with van der Waals surface area (Å²) in [5.41, 5.74) is 0.467. The fourth-order valence-electron chi connectivity index (χ4n) is 1.80. The monoisotopic (exact) mass is 292 g/mol. The zero-order chi connectivity index (χ0) is 15.4. The molecule has 1 heterocycles. The standard InChI is InChI=1S/C14H16N2O5/c1-9(17)15-8-16-7-13(14(18)21-16)10-4-11(19-2)6-12(5-10)20-3/h4-7H,8H2,1-3H3,(H,15,17). The predicted molar refractivity (Wildman–Crippen MR) is 75.3 cm³/mol. The molecule has 0 aliphatic heterocycles. The molecule has 0 saturated carbocycles. The van der Waals surface area contributed by atoms with Crippen molar-refractivity contribution in [3.05, 3.63) is 34.8 Å². The first-order chi connectivity index (χ1) is 10.0. The molecule has 1 N–H and O–H groups in total. The van der Waals surface area contributed by atoms with Crippen LogP contribution in [-0.2, 0) is 11.5 Å². The molecule has 0 fully saturated rings. The smallest absolute Gasteiger partial charge is 0.365 e. The van der Waals surface area contributed by atoms with E-state index in [1.54, 1.807) is 18.2 Å². The maximum Gasteiger partial charge on any atom is 0.365 e. The van der Waals surface area contributed by atoms with Crippen LogP contribution in [0.4, 0.5) is 0 Å². The Morgan fingerprint density at radius 3 is 2.38 bits per heavy atom. The minimum absolute atomic E-state index is 0.0890. The van der Waals surface area contributed by atoms with Crippen molar-refractivity contribution in [2.75, 3.05) is 14.2 Å². The van der Waals surface area contributed by atoms with E-state index < -0.39 is 5.63 Å². The second kappa shape index (κ2) is 6.17. The van der Waals surface area contributed by atoms with Gasteiger partial charge in [-0.15, -0.1) is 0 Å². The van der Waals surface area contributed by atoms with Crippen LogP contribution in [0.25, 0.3) is 11.1 Å². The van der Waals surface area contributed by atoms with E-state index in [9.17, 15) is 9.59 Å². The Hall–Kier alpha value is -2.70. The maximum absolute atomic E-state index is 11.9. The second-order valence-electron chi connectivity index (χ2n) is 4.33. The molecule has 1 amide bonds. The molecule has 2 aromatic rings. The molecule has 21 heavy (non-hydrogen) atoms. The lowest BCUT2D eigenvalue weighted by molar-refractivity contribution is -0.119. The Labute approximate surface area is 121 Å². The SMILES string of the molecule is COc1cc(OC)cc(-c2cn(CNC(C)=O)oc2=O)c1. The highest BCUT2D eigenvalue weighted by Crippen LogP contribution is 2.28. The molecule has 7 nitrogen and oxygen atoms in total. The van der Waals surface area contributed by atoms with Gasteiger partial charge < -0.3 is 19.3 Å². The van der Waals surface area contributed by atoms with Crippen LogP contribution in [0.5, 0.6) is 11.5 Å². The number of hydrogen-bond donors (Lipinski definition) is 1. The van der Waals surface area contributed by atoms with E-state index in [0.29, 0.717) is 22.6 Å². The molecule has 2 rings (SSSR count). The van der Waals surface area contributed by atoms with Crippen LogP contribution in [0.15, 0.2) is 33.7 Å². The lowest BCUT2D eigenvalue weighted by Crippen LogP contribution is -2.22. The van der Waals surface area contributed by atoms with Crippen LogP contribution >= 0.6 is 0 Å². The first kappa shape index (κ1) is 14.7. The van der Waals surface area contributed by atoms with Gasteiger partial charge in [-0.2, -0.15) is 4.74 Å². The molecule has 0 spiro atoms. The zero-order valence-electron chi connectivity index (χ0n) is 12.0. The number of benzene rings is 1. The van der Waals surface area contributed by atoms with Gasteiger partial charge in [-0.05, 0) is 17.7 Å². The fraction of sp³-hybridized carbons (Fsp3) is 0.286. The van der Waals surface area contributed by atoms with Gasteiger partial charge in [0.15, 0.2) is 0 Å². The van der Waals surface area contributed by atoms with Gasteiger partial charge in [0.05, 0.1) is 26.0 Å². The van der Waals surface area contributed by atoms with Crippen molar-refractivity contribution < 1.29 is 18.8 Å². The number of nitrogens with one attached hydrogen (secondary N) is 1. The Kier molecular flexibility index (Phi) is 4.32. The molecular weight excluding hydrogens is 276 g/mol. The minimum atomic E-state index is -0.504. The number of rotatable bonds is 5. The topological polar surface area (TPSA) is 82.7 Å². The third-order valence-corrected chi connectivity index (χ3v) is 2.84. The highest BCUT2D eigenvalue weighted by Gasteiger charge is 2.12. The van der Waals surface area contributed by atoms with Gasteiger partial charge in [0, 0.05) is 13.0 Å². The Balaban J connectivity index is 2.37. The highest BCUT2D eigenvalue weighted by molar-refractivity contribution is 5.72. The normalized spacial score (nSPS) is 10.2. The third-order valence-electron chi connectivity index (χ3n) is 2.84. The summed E-state index contributed by atoms with van der Waals surface area (Å²) >= 11 is 0. The molecule has 1 aromatic carbocycles. The van der Waals surface area contributed by atoms with E-state index in [1.807, 2.05) is 0 Å². The van der Waals surface area contributed by atoms with E-state index in [2.05, 4.69) is 5.32 Å². The number of carbonyl (C=O) groups excluding carboxylic acids is 1. The minimum Gasteiger partial charge on any atom is -0.497 e. The molecule has 0 unspecified atom stereocenters. The van der Waals surface area contributed by atoms with Crippen LogP contribution in [0, 0.1) is 0 Å². The number of amides is 1. The predicted octanol–water partition coefficient (Wildman–Crippen LogP) is 1.22. The Morgan fingerprint density at radius 2 is 1.86 bits per heavy atom. The maximum atomic E-state index is 11.9. The molecule has 0 atom stereocenters. The summed E-state index contributed by atoms with van der Waals surface area (Å²) < 4.78 is 16.6. The molecule has 0 saturated heterocycles. The van der Waals surface area contributed by atoms with E-state index in [-0.39, 0.29) is 12.6 Å². The number of carbonyl (C=O) groups is 1. The van der Waals surface area contributed by atoms with Gasteiger partial charge in [-0.3, -0.25) is 4.79 Å². The van der Waals surface area contributed by atoms with Crippen molar-refractivity contribution in [1.82, 2.24) is 10.1 Å². The van der Waals surface area contributed by atoms with Crippen molar-refractivity contribution in [3.63, 3.8) is 0 Å². The van der Waals surface area contributed by atoms with Crippen LogP contribution in [0.3, 0.4) is 0 Å². The van der Waals surface area contributed by atoms with E-state index in [1.165, 1.54) is 32.1 Å². The van der Waals surface area contributed by atoms with Crippen LogP contribution < -0.4 is 20.4 Å². The molecule has 1 aromatic heterocycles. The van der Waals surface area contributed by atoms with Crippen molar-refractivity contribution in [3.8, 4) is 22.6 Å². The lowest BCUT2D eigenvalue weighted by Gasteiger charge is -2.06. The highest BCUT2D eigenvalue weighted by atomic mass is 16.5. The summed E-state index contributed by atoms with van der Waals surface area (Å²) in [6.45, 7) is 1.47. The molecule has 0 aliphatic rings. The van der Waals surface area contributed by atoms with Gasteiger partial charge in [0.2, 0.25) is 5.91 Å². The molecular formula is C14H16N2O5. The van der Waals surface area contributed by atoms with Crippen molar-refractivity contribution >= 4 is 5.91 Å². The van der Waals surface area contributed by atoms with Gasteiger partial charge in [-0.1, -0.05) is 0 Å². The lowest BCUT2D eigenvalue weighted by atomic mass is 10.1. The van der Waals surface area contributed by atoms with E-state index in [0.717, 1.165) is 0 Å².